The van der Waals surface area contributed by atoms with Crippen LogP contribution in [0.15, 0.2) is 18.2 Å². The van der Waals surface area contributed by atoms with Crippen LogP contribution in [0.4, 0.5) is 9.52 Å². The molecule has 0 spiro atoms. The lowest BCUT2D eigenvalue weighted by Gasteiger charge is -2.01. The first-order chi connectivity index (χ1) is 8.20. The van der Waals surface area contributed by atoms with Crippen molar-refractivity contribution in [3.05, 3.63) is 29.6 Å². The van der Waals surface area contributed by atoms with Crippen LogP contribution in [0.1, 0.15) is 18.9 Å². The van der Waals surface area contributed by atoms with Crippen LogP contribution in [0.5, 0.6) is 0 Å². The fraction of sp³-hybridized carbons (Fsp3) is 0.333. The molecule has 3 nitrogen and oxygen atoms in total. The van der Waals surface area contributed by atoms with E-state index in [1.54, 1.807) is 6.07 Å². The average molecular weight is 251 g/mol. The SMILES string of the molecule is CCCNc1nc(-c2ccc(F)cc2C)ns1. The van der Waals surface area contributed by atoms with E-state index in [1.165, 1.54) is 23.7 Å². The van der Waals surface area contributed by atoms with Crippen LogP contribution < -0.4 is 5.32 Å². The lowest BCUT2D eigenvalue weighted by molar-refractivity contribution is 0.627. The van der Waals surface area contributed by atoms with E-state index >= 15 is 0 Å². The van der Waals surface area contributed by atoms with Gasteiger partial charge in [0.15, 0.2) is 5.82 Å². The number of aromatic nitrogens is 2. The van der Waals surface area contributed by atoms with Crippen molar-refractivity contribution in [3.8, 4) is 11.4 Å². The number of anilines is 1. The third-order valence-electron chi connectivity index (χ3n) is 2.38. The van der Waals surface area contributed by atoms with Gasteiger partial charge in [-0.25, -0.2) is 4.39 Å². The van der Waals surface area contributed by atoms with Crippen molar-refractivity contribution in [1.29, 1.82) is 0 Å². The Morgan fingerprint density at radius 3 is 2.94 bits per heavy atom. The van der Waals surface area contributed by atoms with Crippen LogP contribution in [0, 0.1) is 12.7 Å². The van der Waals surface area contributed by atoms with Gasteiger partial charge in [0.1, 0.15) is 5.82 Å². The molecule has 1 aromatic heterocycles. The van der Waals surface area contributed by atoms with Gasteiger partial charge in [-0.3, -0.25) is 0 Å². The van der Waals surface area contributed by atoms with Crippen LogP contribution in [-0.4, -0.2) is 15.9 Å². The van der Waals surface area contributed by atoms with Gasteiger partial charge in [-0.1, -0.05) is 6.92 Å². The van der Waals surface area contributed by atoms with Gasteiger partial charge in [-0.05, 0) is 37.1 Å². The fourth-order valence-electron chi connectivity index (χ4n) is 1.51. The third-order valence-corrected chi connectivity index (χ3v) is 3.05. The third kappa shape index (κ3) is 2.79. The first-order valence-electron chi connectivity index (χ1n) is 5.55. The molecule has 1 N–H and O–H groups in total. The van der Waals surface area contributed by atoms with Crippen LogP contribution >= 0.6 is 11.5 Å². The van der Waals surface area contributed by atoms with Crippen molar-refractivity contribution in [2.24, 2.45) is 0 Å². The van der Waals surface area contributed by atoms with Crippen LogP contribution in [0.2, 0.25) is 0 Å². The van der Waals surface area contributed by atoms with E-state index < -0.39 is 0 Å². The predicted molar refractivity (Wildman–Crippen MR) is 68.8 cm³/mol. The lowest BCUT2D eigenvalue weighted by atomic mass is 10.1. The molecule has 90 valence electrons. The highest BCUT2D eigenvalue weighted by atomic mass is 32.1. The molecular weight excluding hydrogens is 237 g/mol. The van der Waals surface area contributed by atoms with Crippen LogP contribution in [-0.2, 0) is 0 Å². The molecule has 5 heteroatoms. The smallest absolute Gasteiger partial charge is 0.202 e. The summed E-state index contributed by atoms with van der Waals surface area (Å²) in [7, 11) is 0. The first kappa shape index (κ1) is 12.0. The number of benzene rings is 1. The Labute approximate surface area is 104 Å². The van der Waals surface area contributed by atoms with E-state index in [-0.39, 0.29) is 5.82 Å². The number of halogens is 1. The summed E-state index contributed by atoms with van der Waals surface area (Å²) in [5.74, 6) is 0.428. The molecule has 0 saturated carbocycles. The van der Waals surface area contributed by atoms with Gasteiger partial charge in [0.25, 0.3) is 0 Å². The minimum Gasteiger partial charge on any atom is -0.360 e. The molecule has 0 aliphatic carbocycles. The zero-order chi connectivity index (χ0) is 12.3. The maximum absolute atomic E-state index is 13.0. The van der Waals surface area contributed by atoms with E-state index in [0.29, 0.717) is 5.82 Å². The largest absolute Gasteiger partial charge is 0.360 e. The molecular formula is C12H14FN3S. The highest BCUT2D eigenvalue weighted by Crippen LogP contribution is 2.24. The molecule has 0 unspecified atom stereocenters. The zero-order valence-electron chi connectivity index (χ0n) is 9.83. The quantitative estimate of drug-likeness (QED) is 0.904. The number of nitrogens with zero attached hydrogens (tertiary/aromatic N) is 2. The molecule has 0 aliphatic rings. The number of hydrogen-bond acceptors (Lipinski definition) is 4. The van der Waals surface area contributed by atoms with Crippen molar-refractivity contribution in [1.82, 2.24) is 9.36 Å². The Bertz CT molecular complexity index is 510. The second-order valence-corrected chi connectivity index (χ2v) is 4.56. The molecule has 2 aromatic rings. The van der Waals surface area contributed by atoms with Gasteiger partial charge in [-0.15, -0.1) is 0 Å². The number of hydrogen-bond donors (Lipinski definition) is 1. The first-order valence-corrected chi connectivity index (χ1v) is 6.32. The van der Waals surface area contributed by atoms with Gasteiger partial charge in [-0.2, -0.15) is 9.36 Å². The highest BCUT2D eigenvalue weighted by Gasteiger charge is 2.09. The molecule has 1 heterocycles. The summed E-state index contributed by atoms with van der Waals surface area (Å²) in [6.07, 6.45) is 1.05. The van der Waals surface area contributed by atoms with Crippen molar-refractivity contribution in [3.63, 3.8) is 0 Å². The Morgan fingerprint density at radius 1 is 1.41 bits per heavy atom. The summed E-state index contributed by atoms with van der Waals surface area (Å²) < 4.78 is 17.3. The second-order valence-electron chi connectivity index (χ2n) is 3.81. The van der Waals surface area contributed by atoms with Gasteiger partial charge >= 0.3 is 0 Å². The van der Waals surface area contributed by atoms with Crippen LogP contribution in [0.3, 0.4) is 0 Å². The minimum absolute atomic E-state index is 0.231. The Balaban J connectivity index is 2.24. The van der Waals surface area contributed by atoms with E-state index in [1.807, 2.05) is 6.92 Å². The standard InChI is InChI=1S/C12H14FN3S/c1-3-6-14-12-15-11(16-17-12)10-5-4-9(13)7-8(10)2/h4-5,7H,3,6H2,1-2H3,(H,14,15,16). The molecule has 0 radical (unpaired) electrons. The van der Waals surface area contributed by atoms with Gasteiger partial charge in [0, 0.05) is 23.6 Å². The van der Waals surface area contributed by atoms with Crippen molar-refractivity contribution in [2.75, 3.05) is 11.9 Å². The predicted octanol–water partition coefficient (Wildman–Crippen LogP) is 3.47. The fourth-order valence-corrected chi connectivity index (χ4v) is 2.12. The summed E-state index contributed by atoms with van der Waals surface area (Å²) >= 11 is 1.33. The van der Waals surface area contributed by atoms with Gasteiger partial charge in [0.2, 0.25) is 5.13 Å². The molecule has 2 rings (SSSR count). The molecule has 0 aliphatic heterocycles. The average Bonchev–Trinajstić information content (AvgIpc) is 2.75. The Hall–Kier alpha value is -1.49. The Morgan fingerprint density at radius 2 is 2.24 bits per heavy atom. The van der Waals surface area contributed by atoms with Crippen molar-refractivity contribution < 1.29 is 4.39 Å². The molecule has 0 atom stereocenters. The molecule has 0 bridgehead atoms. The summed E-state index contributed by atoms with van der Waals surface area (Å²) in [4.78, 5) is 4.38. The highest BCUT2D eigenvalue weighted by molar-refractivity contribution is 7.09. The monoisotopic (exact) mass is 251 g/mol. The number of rotatable bonds is 4. The summed E-state index contributed by atoms with van der Waals surface area (Å²) in [5.41, 5.74) is 1.73. The van der Waals surface area contributed by atoms with Gasteiger partial charge in [0.05, 0.1) is 0 Å². The van der Waals surface area contributed by atoms with E-state index in [2.05, 4.69) is 21.6 Å². The normalized spacial score (nSPS) is 10.5. The number of nitrogens with one attached hydrogen (secondary N) is 1. The zero-order valence-corrected chi connectivity index (χ0v) is 10.6. The molecule has 17 heavy (non-hydrogen) atoms. The summed E-state index contributed by atoms with van der Waals surface area (Å²) in [6.45, 7) is 4.84. The molecule has 0 amide bonds. The van der Waals surface area contributed by atoms with E-state index in [9.17, 15) is 4.39 Å². The van der Waals surface area contributed by atoms with Crippen LogP contribution in [0.25, 0.3) is 11.4 Å². The summed E-state index contributed by atoms with van der Waals surface area (Å²) in [6, 6.07) is 4.65. The van der Waals surface area contributed by atoms with E-state index in [4.69, 9.17) is 0 Å². The molecule has 0 fully saturated rings. The maximum atomic E-state index is 13.0. The summed E-state index contributed by atoms with van der Waals surface area (Å²) in [5, 5.41) is 4.00. The second kappa shape index (κ2) is 5.23. The Kier molecular flexibility index (Phi) is 3.68. The van der Waals surface area contributed by atoms with Crippen molar-refractivity contribution in [2.45, 2.75) is 20.3 Å². The van der Waals surface area contributed by atoms with E-state index in [0.717, 1.165) is 29.2 Å². The number of aryl methyl sites for hydroxylation is 1. The molecule has 0 saturated heterocycles. The molecule has 1 aromatic carbocycles. The lowest BCUT2D eigenvalue weighted by Crippen LogP contribution is -1.98. The van der Waals surface area contributed by atoms with Gasteiger partial charge < -0.3 is 5.32 Å². The minimum atomic E-state index is -0.231. The maximum Gasteiger partial charge on any atom is 0.202 e. The van der Waals surface area contributed by atoms with Crippen molar-refractivity contribution >= 4 is 16.7 Å². The topological polar surface area (TPSA) is 37.8 Å².